The zero-order chi connectivity index (χ0) is 17.0. The predicted octanol–water partition coefficient (Wildman–Crippen LogP) is 1.82. The lowest BCUT2D eigenvalue weighted by Gasteiger charge is -2.34. The Kier molecular flexibility index (Phi) is 5.38. The quantitative estimate of drug-likeness (QED) is 0.828. The summed E-state index contributed by atoms with van der Waals surface area (Å²) in [6, 6.07) is 2.61. The largest absolute Gasteiger partial charge is 0.466 e. The second-order valence-corrected chi connectivity index (χ2v) is 5.76. The normalized spacial score (nSPS) is 17.8. The summed E-state index contributed by atoms with van der Waals surface area (Å²) in [4.78, 5) is 38.2. The van der Waals surface area contributed by atoms with E-state index in [0.29, 0.717) is 11.3 Å². The van der Waals surface area contributed by atoms with Crippen LogP contribution in [0.25, 0.3) is 0 Å². The number of thiophene rings is 1. The van der Waals surface area contributed by atoms with Gasteiger partial charge in [0.25, 0.3) is 0 Å². The van der Waals surface area contributed by atoms with Crippen molar-refractivity contribution in [3.05, 3.63) is 33.7 Å². The second-order valence-electron chi connectivity index (χ2n) is 4.78. The van der Waals surface area contributed by atoms with E-state index in [1.807, 2.05) is 17.5 Å². The molecule has 0 spiro atoms. The number of amides is 2. The van der Waals surface area contributed by atoms with E-state index >= 15 is 0 Å². The summed E-state index contributed by atoms with van der Waals surface area (Å²) in [7, 11) is 1.28. The first kappa shape index (κ1) is 17.0. The van der Waals surface area contributed by atoms with Crippen LogP contribution in [0.1, 0.15) is 24.8 Å². The van der Waals surface area contributed by atoms with E-state index in [0.717, 1.165) is 4.88 Å². The number of nitrogens with zero attached hydrogens (tertiary/aromatic N) is 1. The lowest BCUT2D eigenvalue weighted by Crippen LogP contribution is -2.49. The molecule has 0 saturated heterocycles. The minimum atomic E-state index is -0.589. The molecule has 1 aromatic heterocycles. The maximum atomic E-state index is 12.3. The maximum absolute atomic E-state index is 12.3. The number of carbonyl (C=O) groups excluding carboxylic acids is 3. The molecule has 1 N–H and O–H groups in total. The lowest BCUT2D eigenvalue weighted by atomic mass is 10.0. The van der Waals surface area contributed by atoms with E-state index in [1.165, 1.54) is 23.3 Å². The molecule has 1 unspecified atom stereocenters. The zero-order valence-electron chi connectivity index (χ0n) is 13.1. The molecular formula is C15H18N2O5S. The third-order valence-corrected chi connectivity index (χ3v) is 4.36. The van der Waals surface area contributed by atoms with Crippen LogP contribution >= 0.6 is 11.3 Å². The van der Waals surface area contributed by atoms with Crippen molar-refractivity contribution in [3.8, 4) is 0 Å². The van der Waals surface area contributed by atoms with Gasteiger partial charge in [0, 0.05) is 10.6 Å². The maximum Gasteiger partial charge on any atom is 0.338 e. The van der Waals surface area contributed by atoms with Crippen LogP contribution in [0.5, 0.6) is 0 Å². The molecule has 1 atom stereocenters. The first-order valence-corrected chi connectivity index (χ1v) is 7.93. The number of nitrogens with one attached hydrogen (secondary N) is 1. The number of urea groups is 1. The predicted molar refractivity (Wildman–Crippen MR) is 83.6 cm³/mol. The van der Waals surface area contributed by atoms with Crippen molar-refractivity contribution >= 4 is 29.3 Å². The van der Waals surface area contributed by atoms with E-state index in [1.54, 1.807) is 13.8 Å². The van der Waals surface area contributed by atoms with Crippen molar-refractivity contribution in [3.63, 3.8) is 0 Å². The minimum Gasteiger partial charge on any atom is -0.466 e. The number of rotatable bonds is 5. The minimum absolute atomic E-state index is 0.221. The van der Waals surface area contributed by atoms with Gasteiger partial charge < -0.3 is 14.8 Å². The van der Waals surface area contributed by atoms with Gasteiger partial charge in [0.1, 0.15) is 6.54 Å². The van der Waals surface area contributed by atoms with Gasteiger partial charge in [-0.15, -0.1) is 11.3 Å². The molecule has 0 radical (unpaired) electrons. The summed E-state index contributed by atoms with van der Waals surface area (Å²) in [6.07, 6.45) is 0. The third-order valence-electron chi connectivity index (χ3n) is 3.42. The molecule has 1 aliphatic heterocycles. The molecule has 0 aromatic carbocycles. The van der Waals surface area contributed by atoms with E-state index in [2.05, 4.69) is 5.32 Å². The van der Waals surface area contributed by atoms with E-state index in [4.69, 9.17) is 9.47 Å². The van der Waals surface area contributed by atoms with Crippen molar-refractivity contribution in [2.24, 2.45) is 0 Å². The number of allylic oxidation sites excluding steroid dienone is 1. The highest BCUT2D eigenvalue weighted by molar-refractivity contribution is 7.10. The van der Waals surface area contributed by atoms with Crippen LogP contribution in [0.2, 0.25) is 0 Å². The highest BCUT2D eigenvalue weighted by Gasteiger charge is 2.37. The average Bonchev–Trinajstić information content (AvgIpc) is 3.04. The summed E-state index contributed by atoms with van der Waals surface area (Å²) in [5.41, 5.74) is 0.686. The molecule has 1 aromatic rings. The molecule has 0 saturated carbocycles. The zero-order valence-corrected chi connectivity index (χ0v) is 13.9. The fourth-order valence-electron chi connectivity index (χ4n) is 2.35. The van der Waals surface area contributed by atoms with Gasteiger partial charge in [0.2, 0.25) is 0 Å². The first-order chi connectivity index (χ1) is 11.0. The van der Waals surface area contributed by atoms with Gasteiger partial charge in [-0.05, 0) is 25.3 Å². The Morgan fingerprint density at radius 3 is 2.74 bits per heavy atom. The van der Waals surface area contributed by atoms with Crippen LogP contribution in [0, 0.1) is 0 Å². The van der Waals surface area contributed by atoms with E-state index < -0.39 is 24.0 Å². The Morgan fingerprint density at radius 1 is 1.43 bits per heavy atom. The SMILES string of the molecule is CCOC(=O)CN1C(=O)NC(c2cccs2)C(C(=O)OC)=C1C. The Morgan fingerprint density at radius 2 is 2.17 bits per heavy atom. The molecule has 23 heavy (non-hydrogen) atoms. The standard InChI is InChI=1S/C15H18N2O5S/c1-4-22-11(18)8-17-9(2)12(14(19)21-3)13(16-15(17)20)10-6-5-7-23-10/h5-7,13H,4,8H2,1-3H3,(H,16,20). The summed E-state index contributed by atoms with van der Waals surface area (Å²) < 4.78 is 9.70. The highest BCUT2D eigenvalue weighted by atomic mass is 32.1. The molecule has 7 nitrogen and oxygen atoms in total. The van der Waals surface area contributed by atoms with Crippen molar-refractivity contribution in [1.82, 2.24) is 10.2 Å². The van der Waals surface area contributed by atoms with Gasteiger partial charge in [-0.25, -0.2) is 9.59 Å². The van der Waals surface area contributed by atoms with Crippen molar-refractivity contribution in [2.45, 2.75) is 19.9 Å². The number of hydrogen-bond donors (Lipinski definition) is 1. The van der Waals surface area contributed by atoms with E-state index in [-0.39, 0.29) is 13.2 Å². The summed E-state index contributed by atoms with van der Waals surface area (Å²) in [6.45, 7) is 3.26. The van der Waals surface area contributed by atoms with Crippen LogP contribution in [-0.4, -0.2) is 43.1 Å². The molecule has 8 heteroatoms. The van der Waals surface area contributed by atoms with Crippen LogP contribution in [0.4, 0.5) is 4.79 Å². The van der Waals surface area contributed by atoms with Crippen molar-refractivity contribution in [2.75, 3.05) is 20.3 Å². The van der Waals surface area contributed by atoms with Gasteiger partial charge in [-0.3, -0.25) is 9.69 Å². The van der Waals surface area contributed by atoms with Gasteiger partial charge in [0.05, 0.1) is 25.3 Å². The van der Waals surface area contributed by atoms with Crippen LogP contribution in [0.3, 0.4) is 0 Å². The second kappa shape index (κ2) is 7.28. The van der Waals surface area contributed by atoms with Gasteiger partial charge >= 0.3 is 18.0 Å². The van der Waals surface area contributed by atoms with Crippen molar-refractivity contribution in [1.29, 1.82) is 0 Å². The fraction of sp³-hybridized carbons (Fsp3) is 0.400. The summed E-state index contributed by atoms with van der Waals surface area (Å²) in [5, 5.41) is 4.60. The summed E-state index contributed by atoms with van der Waals surface area (Å²) >= 11 is 1.42. The molecule has 0 aliphatic carbocycles. The monoisotopic (exact) mass is 338 g/mol. The Bertz CT molecular complexity index is 638. The average molecular weight is 338 g/mol. The number of hydrogen-bond acceptors (Lipinski definition) is 6. The third kappa shape index (κ3) is 3.53. The molecule has 0 bridgehead atoms. The Hall–Kier alpha value is -2.35. The van der Waals surface area contributed by atoms with Crippen molar-refractivity contribution < 1.29 is 23.9 Å². The lowest BCUT2D eigenvalue weighted by molar-refractivity contribution is -0.143. The van der Waals surface area contributed by atoms with Gasteiger partial charge in [-0.2, -0.15) is 0 Å². The first-order valence-electron chi connectivity index (χ1n) is 7.05. The van der Waals surface area contributed by atoms with E-state index in [9.17, 15) is 14.4 Å². The highest BCUT2D eigenvalue weighted by Crippen LogP contribution is 2.33. The summed E-state index contributed by atoms with van der Waals surface area (Å²) in [5.74, 6) is -1.09. The number of methoxy groups -OCH3 is 1. The number of esters is 2. The molecule has 2 rings (SSSR count). The molecule has 1 aliphatic rings. The fourth-order valence-corrected chi connectivity index (χ4v) is 3.13. The number of ether oxygens (including phenoxy) is 2. The molecule has 2 amide bonds. The molecule has 0 fully saturated rings. The smallest absolute Gasteiger partial charge is 0.338 e. The Balaban J connectivity index is 2.40. The van der Waals surface area contributed by atoms with Crippen LogP contribution < -0.4 is 5.32 Å². The molecule has 2 heterocycles. The molecular weight excluding hydrogens is 320 g/mol. The van der Waals surface area contributed by atoms with Crippen LogP contribution in [0.15, 0.2) is 28.8 Å². The number of carbonyl (C=O) groups is 3. The topological polar surface area (TPSA) is 84.9 Å². The molecule has 124 valence electrons. The Labute approximate surface area is 137 Å². The van der Waals surface area contributed by atoms with Crippen LogP contribution in [-0.2, 0) is 19.1 Å². The van der Waals surface area contributed by atoms with Gasteiger partial charge in [0.15, 0.2) is 0 Å². The van der Waals surface area contributed by atoms with Gasteiger partial charge in [-0.1, -0.05) is 6.07 Å².